The summed E-state index contributed by atoms with van der Waals surface area (Å²) in [7, 11) is 1.84. The third-order valence-electron chi connectivity index (χ3n) is 2.82. The normalized spacial score (nSPS) is 10.3. The lowest BCUT2D eigenvalue weighted by atomic mass is 10.1. The van der Waals surface area contributed by atoms with Crippen molar-refractivity contribution in [3.8, 4) is 0 Å². The highest BCUT2D eigenvalue weighted by Gasteiger charge is 2.13. The molecule has 4 nitrogen and oxygen atoms in total. The molecular weight excluding hydrogens is 258 g/mol. The van der Waals surface area contributed by atoms with Gasteiger partial charge < -0.3 is 10.2 Å². The Hall–Kier alpha value is -1.23. The Kier molecular flexibility index (Phi) is 6.70. The third kappa shape index (κ3) is 4.74. The molecule has 0 unspecified atom stereocenters. The van der Waals surface area contributed by atoms with Gasteiger partial charge in [-0.1, -0.05) is 6.92 Å². The van der Waals surface area contributed by atoms with Crippen molar-refractivity contribution in [2.75, 3.05) is 37.5 Å². The molecule has 0 saturated heterocycles. The van der Waals surface area contributed by atoms with Crippen LogP contribution in [0.1, 0.15) is 29.9 Å². The van der Waals surface area contributed by atoms with Gasteiger partial charge in [-0.15, -0.1) is 0 Å². The first kappa shape index (κ1) is 15.8. The van der Waals surface area contributed by atoms with E-state index in [1.165, 1.54) is 0 Å². The van der Waals surface area contributed by atoms with Crippen molar-refractivity contribution in [3.63, 3.8) is 0 Å². The minimum Gasteiger partial charge on any atom is -0.370 e. The van der Waals surface area contributed by atoms with Crippen LogP contribution in [0.5, 0.6) is 0 Å². The number of carbonyl (C=O) groups excluding carboxylic acids is 1. The van der Waals surface area contributed by atoms with Gasteiger partial charge in [0.1, 0.15) is 5.82 Å². The number of rotatable bonds is 7. The summed E-state index contributed by atoms with van der Waals surface area (Å²) in [6.45, 7) is 5.63. The highest BCUT2D eigenvalue weighted by Crippen LogP contribution is 2.13. The molecule has 1 N–H and O–H groups in total. The van der Waals surface area contributed by atoms with Gasteiger partial charge in [0.25, 0.3) is 5.91 Å². The Balaban J connectivity index is 2.91. The monoisotopic (exact) mass is 281 g/mol. The van der Waals surface area contributed by atoms with Crippen LogP contribution in [-0.2, 0) is 6.42 Å². The Labute approximate surface area is 120 Å². The molecule has 1 heterocycles. The number of nitrogens with one attached hydrogen (secondary N) is 1. The average molecular weight is 281 g/mol. The second kappa shape index (κ2) is 8.04. The van der Waals surface area contributed by atoms with Crippen molar-refractivity contribution in [2.45, 2.75) is 20.3 Å². The molecule has 0 bridgehead atoms. The summed E-state index contributed by atoms with van der Waals surface area (Å²) in [5, 5.41) is 3.17. The lowest BCUT2D eigenvalue weighted by Gasteiger charge is -2.17. The molecule has 0 aliphatic carbocycles. The molecule has 0 aliphatic heterocycles. The summed E-state index contributed by atoms with van der Waals surface area (Å²) in [6, 6.07) is 3.72. The molecule has 0 fully saturated rings. The number of thioether (sulfide) groups is 1. The van der Waals surface area contributed by atoms with E-state index in [-0.39, 0.29) is 5.91 Å². The maximum Gasteiger partial charge on any atom is 0.253 e. The Morgan fingerprint density at radius 1 is 1.42 bits per heavy atom. The van der Waals surface area contributed by atoms with Crippen LogP contribution in [-0.4, -0.2) is 47.9 Å². The molecule has 0 atom stereocenters. The number of amides is 1. The van der Waals surface area contributed by atoms with E-state index in [1.807, 2.05) is 39.3 Å². The lowest BCUT2D eigenvalue weighted by Crippen LogP contribution is -2.29. The van der Waals surface area contributed by atoms with E-state index in [4.69, 9.17) is 0 Å². The summed E-state index contributed by atoms with van der Waals surface area (Å²) >= 11 is 1.74. The van der Waals surface area contributed by atoms with E-state index in [2.05, 4.69) is 10.3 Å². The predicted molar refractivity (Wildman–Crippen MR) is 83.1 cm³/mol. The minimum atomic E-state index is 0.0605. The summed E-state index contributed by atoms with van der Waals surface area (Å²) in [5.74, 6) is 1.79. The summed E-state index contributed by atoms with van der Waals surface area (Å²) in [6.07, 6.45) is 2.87. The molecule has 1 aromatic rings. The predicted octanol–water partition coefficient (Wildman–Crippen LogP) is 2.51. The van der Waals surface area contributed by atoms with Crippen LogP contribution in [0.25, 0.3) is 0 Å². The minimum absolute atomic E-state index is 0.0605. The SMILES string of the molecule is CCNc1cc(C(=O)N(C)CCSC)cc(CC)n1. The lowest BCUT2D eigenvalue weighted by molar-refractivity contribution is 0.0803. The smallest absolute Gasteiger partial charge is 0.253 e. The van der Waals surface area contributed by atoms with E-state index in [9.17, 15) is 4.79 Å². The fraction of sp³-hybridized carbons (Fsp3) is 0.571. The van der Waals surface area contributed by atoms with E-state index in [0.717, 1.165) is 36.8 Å². The molecule has 0 saturated carbocycles. The Morgan fingerprint density at radius 3 is 2.74 bits per heavy atom. The van der Waals surface area contributed by atoms with Crippen molar-refractivity contribution >= 4 is 23.5 Å². The molecule has 5 heteroatoms. The molecular formula is C14H23N3OS. The molecule has 0 aromatic carbocycles. The second-order valence-electron chi connectivity index (χ2n) is 4.34. The molecule has 0 radical (unpaired) electrons. The molecule has 1 amide bonds. The molecule has 19 heavy (non-hydrogen) atoms. The largest absolute Gasteiger partial charge is 0.370 e. The topological polar surface area (TPSA) is 45.2 Å². The van der Waals surface area contributed by atoms with Crippen LogP contribution >= 0.6 is 11.8 Å². The maximum atomic E-state index is 12.3. The summed E-state index contributed by atoms with van der Waals surface area (Å²) < 4.78 is 0. The van der Waals surface area contributed by atoms with Crippen molar-refractivity contribution in [1.82, 2.24) is 9.88 Å². The zero-order chi connectivity index (χ0) is 14.3. The first-order valence-electron chi connectivity index (χ1n) is 6.61. The third-order valence-corrected chi connectivity index (χ3v) is 3.41. The number of pyridine rings is 1. The number of hydrogen-bond donors (Lipinski definition) is 1. The number of aromatic nitrogens is 1. The van der Waals surface area contributed by atoms with E-state index in [1.54, 1.807) is 16.7 Å². The van der Waals surface area contributed by atoms with Crippen molar-refractivity contribution in [3.05, 3.63) is 23.4 Å². The zero-order valence-electron chi connectivity index (χ0n) is 12.2. The average Bonchev–Trinajstić information content (AvgIpc) is 2.43. The molecule has 1 rings (SSSR count). The first-order valence-corrected chi connectivity index (χ1v) is 8.01. The standard InChI is InChI=1S/C14H23N3OS/c1-5-12-9-11(10-13(16-12)15-6-2)14(18)17(3)7-8-19-4/h9-10H,5-8H2,1-4H3,(H,15,16). The van der Waals surface area contributed by atoms with Crippen LogP contribution in [0.4, 0.5) is 5.82 Å². The Bertz CT molecular complexity index is 423. The van der Waals surface area contributed by atoms with Gasteiger partial charge in [0.05, 0.1) is 0 Å². The highest BCUT2D eigenvalue weighted by molar-refractivity contribution is 7.98. The molecule has 106 valence electrons. The van der Waals surface area contributed by atoms with Gasteiger partial charge in [-0.2, -0.15) is 11.8 Å². The number of nitrogens with zero attached hydrogens (tertiary/aromatic N) is 2. The number of anilines is 1. The van der Waals surface area contributed by atoms with Crippen LogP contribution in [0, 0.1) is 0 Å². The van der Waals surface area contributed by atoms with Crippen LogP contribution in [0.2, 0.25) is 0 Å². The maximum absolute atomic E-state index is 12.3. The highest BCUT2D eigenvalue weighted by atomic mass is 32.2. The zero-order valence-corrected chi connectivity index (χ0v) is 13.0. The number of hydrogen-bond acceptors (Lipinski definition) is 4. The van der Waals surface area contributed by atoms with E-state index < -0.39 is 0 Å². The number of carbonyl (C=O) groups is 1. The van der Waals surface area contributed by atoms with Crippen molar-refractivity contribution < 1.29 is 4.79 Å². The van der Waals surface area contributed by atoms with Crippen LogP contribution in [0.3, 0.4) is 0 Å². The quantitative estimate of drug-likeness (QED) is 0.834. The van der Waals surface area contributed by atoms with Gasteiger partial charge in [-0.3, -0.25) is 4.79 Å². The van der Waals surface area contributed by atoms with Gasteiger partial charge in [0, 0.05) is 37.1 Å². The first-order chi connectivity index (χ1) is 9.12. The Morgan fingerprint density at radius 2 is 2.16 bits per heavy atom. The van der Waals surface area contributed by atoms with E-state index in [0.29, 0.717) is 5.56 Å². The van der Waals surface area contributed by atoms with Crippen LogP contribution < -0.4 is 5.32 Å². The fourth-order valence-corrected chi connectivity index (χ4v) is 2.17. The number of aryl methyl sites for hydroxylation is 1. The van der Waals surface area contributed by atoms with Gasteiger partial charge in [-0.05, 0) is 31.7 Å². The van der Waals surface area contributed by atoms with Crippen molar-refractivity contribution in [1.29, 1.82) is 0 Å². The summed E-state index contributed by atoms with van der Waals surface area (Å²) in [5.41, 5.74) is 1.66. The van der Waals surface area contributed by atoms with Gasteiger partial charge in [0.2, 0.25) is 0 Å². The fourth-order valence-electron chi connectivity index (χ4n) is 1.71. The summed E-state index contributed by atoms with van der Waals surface area (Å²) in [4.78, 5) is 18.6. The van der Waals surface area contributed by atoms with Gasteiger partial charge in [-0.25, -0.2) is 4.98 Å². The van der Waals surface area contributed by atoms with Crippen LogP contribution in [0.15, 0.2) is 12.1 Å². The van der Waals surface area contributed by atoms with Crippen molar-refractivity contribution in [2.24, 2.45) is 0 Å². The molecule has 1 aromatic heterocycles. The molecule has 0 spiro atoms. The molecule has 0 aliphatic rings. The van der Waals surface area contributed by atoms with Gasteiger partial charge in [0.15, 0.2) is 0 Å². The second-order valence-corrected chi connectivity index (χ2v) is 5.32. The van der Waals surface area contributed by atoms with Gasteiger partial charge >= 0.3 is 0 Å². The van der Waals surface area contributed by atoms with E-state index >= 15 is 0 Å².